The number of aryl methyl sites for hydroxylation is 3. The van der Waals surface area contributed by atoms with Gasteiger partial charge in [0.15, 0.2) is 5.82 Å². The summed E-state index contributed by atoms with van der Waals surface area (Å²) in [5.74, 6) is 0.201. The second-order valence-electron chi connectivity index (χ2n) is 12.6. The second kappa shape index (κ2) is 13.4. The van der Waals surface area contributed by atoms with Crippen molar-refractivity contribution in [3.05, 3.63) is 91.5 Å². The van der Waals surface area contributed by atoms with Crippen molar-refractivity contribution in [1.29, 1.82) is 0 Å². The first-order valence-corrected chi connectivity index (χ1v) is 17.3. The number of fused-ring (bicyclic) bond motifs is 1. The Balaban J connectivity index is 1.10. The average Bonchev–Trinajstić information content (AvgIpc) is 3.51. The van der Waals surface area contributed by atoms with Gasteiger partial charge in [-0.15, -0.1) is 11.3 Å². The van der Waals surface area contributed by atoms with Crippen molar-refractivity contribution >= 4 is 40.3 Å². The van der Waals surface area contributed by atoms with E-state index in [2.05, 4.69) is 15.5 Å². The summed E-state index contributed by atoms with van der Waals surface area (Å²) in [7, 11) is 1.70. The molecule has 0 bridgehead atoms. The minimum Gasteiger partial charge on any atom is -0.378 e. The van der Waals surface area contributed by atoms with E-state index in [1.54, 1.807) is 24.6 Å². The highest BCUT2D eigenvalue weighted by molar-refractivity contribution is 7.14. The number of nitrogens with zero attached hydrogens (tertiary/aromatic N) is 4. The smallest absolute Gasteiger partial charge is 0.293 e. The lowest BCUT2D eigenvalue weighted by molar-refractivity contribution is -0.143. The van der Waals surface area contributed by atoms with E-state index in [0.717, 1.165) is 53.9 Å². The number of likely N-dealkylation sites (tertiary alicyclic amines) is 1. The molecule has 3 aliphatic rings. The fourth-order valence-corrected chi connectivity index (χ4v) is 7.75. The van der Waals surface area contributed by atoms with Crippen LogP contribution in [0.15, 0.2) is 59.5 Å². The molecule has 47 heavy (non-hydrogen) atoms. The molecule has 2 aromatic carbocycles. The van der Waals surface area contributed by atoms with Crippen LogP contribution in [0.3, 0.4) is 0 Å². The summed E-state index contributed by atoms with van der Waals surface area (Å²) >= 11 is 1.59. The molecule has 2 amide bonds. The number of carbonyl (C=O) groups is 2. The van der Waals surface area contributed by atoms with Gasteiger partial charge in [-0.1, -0.05) is 24.3 Å². The van der Waals surface area contributed by atoms with E-state index in [1.165, 1.54) is 27.8 Å². The Morgan fingerprint density at radius 1 is 0.979 bits per heavy atom. The van der Waals surface area contributed by atoms with Crippen LogP contribution in [-0.2, 0) is 29.4 Å². The topological polar surface area (TPSA) is 109 Å². The van der Waals surface area contributed by atoms with Crippen molar-refractivity contribution < 1.29 is 14.3 Å². The van der Waals surface area contributed by atoms with Crippen LogP contribution in [0, 0.1) is 6.92 Å². The van der Waals surface area contributed by atoms with Crippen molar-refractivity contribution in [2.75, 3.05) is 50.0 Å². The number of ether oxygens (including phenoxy) is 1. The molecule has 2 aromatic heterocycles. The summed E-state index contributed by atoms with van der Waals surface area (Å²) in [4.78, 5) is 50.9. The van der Waals surface area contributed by atoms with Gasteiger partial charge in [0.2, 0.25) is 5.91 Å². The third kappa shape index (κ3) is 6.47. The van der Waals surface area contributed by atoms with E-state index in [0.29, 0.717) is 43.4 Å². The first kappa shape index (κ1) is 31.3. The zero-order chi connectivity index (χ0) is 32.5. The number of amides is 2. The molecule has 1 unspecified atom stereocenters. The number of nitrogens with one attached hydrogen (secondary N) is 2. The molecular weight excluding hydrogens is 613 g/mol. The largest absolute Gasteiger partial charge is 0.378 e. The van der Waals surface area contributed by atoms with E-state index in [4.69, 9.17) is 9.72 Å². The fraction of sp³-hybridized carbons (Fsp3) is 0.389. The highest BCUT2D eigenvalue weighted by Crippen LogP contribution is 2.33. The van der Waals surface area contributed by atoms with Gasteiger partial charge in [-0.05, 0) is 80.0 Å². The molecule has 0 spiro atoms. The number of benzene rings is 2. The number of hydrogen-bond acceptors (Lipinski definition) is 8. The molecule has 4 heterocycles. The normalized spacial score (nSPS) is 17.0. The van der Waals surface area contributed by atoms with Gasteiger partial charge in [0.05, 0.1) is 23.8 Å². The lowest BCUT2D eigenvalue weighted by Gasteiger charge is -2.40. The van der Waals surface area contributed by atoms with Crippen molar-refractivity contribution in [3.8, 4) is 11.3 Å². The predicted octanol–water partition coefficient (Wildman–Crippen LogP) is 5.30. The molecular formula is C36H40N6O4S. The molecule has 0 saturated carbocycles. The van der Waals surface area contributed by atoms with Gasteiger partial charge in [-0.2, -0.15) is 0 Å². The van der Waals surface area contributed by atoms with Crippen LogP contribution < -0.4 is 16.2 Å². The second-order valence-corrected chi connectivity index (χ2v) is 13.7. The Morgan fingerprint density at radius 2 is 1.74 bits per heavy atom. The van der Waals surface area contributed by atoms with Crippen molar-refractivity contribution in [2.24, 2.45) is 7.05 Å². The van der Waals surface area contributed by atoms with Gasteiger partial charge in [0.1, 0.15) is 6.04 Å². The summed E-state index contributed by atoms with van der Waals surface area (Å²) in [6, 6.07) is 15.1. The van der Waals surface area contributed by atoms with Crippen LogP contribution in [0.1, 0.15) is 56.5 Å². The Hall–Kier alpha value is -4.32. The van der Waals surface area contributed by atoms with E-state index in [9.17, 15) is 14.4 Å². The lowest BCUT2D eigenvalue weighted by Crippen LogP contribution is -2.51. The molecule has 2 fully saturated rings. The molecule has 4 aromatic rings. The number of thiophene rings is 1. The average molecular weight is 653 g/mol. The third-order valence-electron chi connectivity index (χ3n) is 9.45. The summed E-state index contributed by atoms with van der Waals surface area (Å²) in [5.41, 5.74) is 5.68. The number of carbonyl (C=O) groups excluding carboxylic acids is 2. The van der Waals surface area contributed by atoms with Crippen LogP contribution in [-0.4, -0.2) is 70.6 Å². The molecule has 10 nitrogen and oxygen atoms in total. The molecule has 7 rings (SSSR count). The van der Waals surface area contributed by atoms with Gasteiger partial charge in [0.25, 0.3) is 11.5 Å². The van der Waals surface area contributed by atoms with Gasteiger partial charge in [-0.3, -0.25) is 19.3 Å². The zero-order valence-corrected chi connectivity index (χ0v) is 27.7. The SMILES string of the molecule is Cc1c(NC(=O)c2cc3c(s2)CCCC3)cccc1-c1cn(C)c(=O)c(Nc2ccc(C(C(=O)N3CCOCC3)N3CCC3)cc2)n1. The highest BCUT2D eigenvalue weighted by atomic mass is 32.1. The fourth-order valence-electron chi connectivity index (χ4n) is 6.60. The van der Waals surface area contributed by atoms with E-state index < -0.39 is 0 Å². The number of anilines is 3. The molecule has 0 radical (unpaired) electrons. The van der Waals surface area contributed by atoms with Crippen LogP contribution in [0.5, 0.6) is 0 Å². The maximum atomic E-state index is 13.5. The number of rotatable bonds is 8. The summed E-state index contributed by atoms with van der Waals surface area (Å²) in [6.07, 6.45) is 7.25. The molecule has 1 atom stereocenters. The van der Waals surface area contributed by atoms with Gasteiger partial charge >= 0.3 is 0 Å². The van der Waals surface area contributed by atoms with Crippen molar-refractivity contribution in [3.63, 3.8) is 0 Å². The summed E-state index contributed by atoms with van der Waals surface area (Å²) in [6.45, 7) is 6.10. The first-order valence-electron chi connectivity index (χ1n) is 16.4. The number of morpholine rings is 1. The van der Waals surface area contributed by atoms with Crippen molar-refractivity contribution in [2.45, 2.75) is 45.1 Å². The molecule has 2 N–H and O–H groups in total. The Kier molecular flexibility index (Phi) is 8.94. The van der Waals surface area contributed by atoms with Gasteiger partial charge in [0, 0.05) is 61.2 Å². The van der Waals surface area contributed by atoms with Crippen LogP contribution in [0.2, 0.25) is 0 Å². The summed E-state index contributed by atoms with van der Waals surface area (Å²) < 4.78 is 6.97. The van der Waals surface area contributed by atoms with E-state index in [-0.39, 0.29) is 29.2 Å². The zero-order valence-electron chi connectivity index (χ0n) is 26.9. The monoisotopic (exact) mass is 652 g/mol. The van der Waals surface area contributed by atoms with Crippen LogP contribution in [0.4, 0.5) is 17.2 Å². The first-order chi connectivity index (χ1) is 22.9. The van der Waals surface area contributed by atoms with E-state index in [1.807, 2.05) is 60.4 Å². The molecule has 11 heteroatoms. The summed E-state index contributed by atoms with van der Waals surface area (Å²) in [5, 5.41) is 6.32. The maximum Gasteiger partial charge on any atom is 0.293 e. The Labute approximate surface area is 278 Å². The van der Waals surface area contributed by atoms with Gasteiger partial charge in [-0.25, -0.2) is 4.98 Å². The lowest BCUT2D eigenvalue weighted by atomic mass is 9.99. The third-order valence-corrected chi connectivity index (χ3v) is 10.7. The molecule has 1 aliphatic carbocycles. The highest BCUT2D eigenvalue weighted by Gasteiger charge is 2.34. The number of aromatic nitrogens is 2. The Morgan fingerprint density at radius 3 is 2.47 bits per heavy atom. The molecule has 244 valence electrons. The molecule has 2 aliphatic heterocycles. The van der Waals surface area contributed by atoms with Gasteiger partial charge < -0.3 is 24.8 Å². The van der Waals surface area contributed by atoms with Crippen molar-refractivity contribution in [1.82, 2.24) is 19.4 Å². The standard InChI is InChI=1S/C36H40N6O4S/c1-23-27(8-5-9-28(23)39-34(43)31-21-25-7-3-4-10-30(25)47-31)29-22-40(2)36(45)33(38-29)37-26-13-11-24(12-14-26)32(41-15-6-16-41)35(44)42-17-19-46-20-18-42/h5,8-9,11-14,21-22,32H,3-4,6-7,10,15-20H2,1-2H3,(H,37,38)(H,39,43). The predicted molar refractivity (Wildman–Crippen MR) is 185 cm³/mol. The van der Waals surface area contributed by atoms with Crippen LogP contribution in [0.25, 0.3) is 11.3 Å². The van der Waals surface area contributed by atoms with E-state index >= 15 is 0 Å². The number of hydrogen-bond donors (Lipinski definition) is 2. The quantitative estimate of drug-likeness (QED) is 0.266. The minimum absolute atomic E-state index is 0.105. The van der Waals surface area contributed by atoms with Crippen LogP contribution >= 0.6 is 11.3 Å². The molecule has 2 saturated heterocycles. The maximum absolute atomic E-state index is 13.5. The Bertz CT molecular complexity index is 1830. The minimum atomic E-state index is -0.328.